The summed E-state index contributed by atoms with van der Waals surface area (Å²) in [5, 5.41) is 3.74. The summed E-state index contributed by atoms with van der Waals surface area (Å²) in [4.78, 5) is 12.3. The molecule has 0 radical (unpaired) electrons. The molecule has 5 nitrogen and oxygen atoms in total. The Kier molecular flexibility index (Phi) is 4.44. The Morgan fingerprint density at radius 2 is 2.41 bits per heavy atom. The summed E-state index contributed by atoms with van der Waals surface area (Å²) < 4.78 is 16.5. The second-order valence-electron chi connectivity index (χ2n) is 5.25. The van der Waals surface area contributed by atoms with Crippen molar-refractivity contribution in [3.63, 3.8) is 0 Å². The number of benzene rings is 1. The topological polar surface area (TPSA) is 60.7 Å². The van der Waals surface area contributed by atoms with Crippen LogP contribution in [0.2, 0.25) is 0 Å². The van der Waals surface area contributed by atoms with Gasteiger partial charge in [0, 0.05) is 18.7 Å². The van der Waals surface area contributed by atoms with E-state index in [1.165, 1.54) is 0 Å². The maximum atomic E-state index is 12.3. The van der Waals surface area contributed by atoms with Gasteiger partial charge in [-0.25, -0.2) is 0 Å². The molecule has 0 aliphatic carbocycles. The molecule has 5 heteroatoms. The van der Waals surface area contributed by atoms with Gasteiger partial charge in [-0.2, -0.15) is 0 Å². The van der Waals surface area contributed by atoms with Crippen LogP contribution in [-0.2, 0) is 4.74 Å². The van der Waals surface area contributed by atoms with Crippen molar-refractivity contribution in [1.29, 1.82) is 0 Å². The van der Waals surface area contributed by atoms with Crippen LogP contribution in [0, 0.1) is 0 Å². The molecule has 1 N–H and O–H groups in total. The van der Waals surface area contributed by atoms with Crippen LogP contribution in [0.4, 0.5) is 0 Å². The molecule has 3 rings (SSSR count). The lowest BCUT2D eigenvalue weighted by Crippen LogP contribution is -2.31. The molecule has 2 heterocycles. The first kappa shape index (κ1) is 14.7. The summed E-state index contributed by atoms with van der Waals surface area (Å²) in [6, 6.07) is 5.27. The van der Waals surface area contributed by atoms with E-state index in [4.69, 9.17) is 13.9 Å². The smallest absolute Gasteiger partial charge is 0.251 e. The summed E-state index contributed by atoms with van der Waals surface area (Å²) >= 11 is 0. The molecule has 0 bridgehead atoms. The van der Waals surface area contributed by atoms with Crippen molar-refractivity contribution in [1.82, 2.24) is 5.32 Å². The second-order valence-corrected chi connectivity index (χ2v) is 5.25. The van der Waals surface area contributed by atoms with Crippen LogP contribution in [-0.4, -0.2) is 31.8 Å². The highest BCUT2D eigenvalue weighted by molar-refractivity contribution is 5.99. The van der Waals surface area contributed by atoms with E-state index in [2.05, 4.69) is 11.9 Å². The predicted octanol–water partition coefficient (Wildman–Crippen LogP) is 2.91. The number of carbonyl (C=O) groups excluding carboxylic acids is 1. The third-order valence-corrected chi connectivity index (χ3v) is 3.67. The molecule has 1 aromatic carbocycles. The number of amides is 1. The van der Waals surface area contributed by atoms with E-state index in [0.29, 0.717) is 30.0 Å². The van der Waals surface area contributed by atoms with Gasteiger partial charge < -0.3 is 19.2 Å². The molecular formula is C17H19NO4. The number of ether oxygens (including phenoxy) is 2. The highest BCUT2D eigenvalue weighted by Gasteiger charge is 2.18. The zero-order chi connectivity index (χ0) is 15.4. The van der Waals surface area contributed by atoms with E-state index in [1.54, 1.807) is 24.5 Å². The maximum Gasteiger partial charge on any atom is 0.251 e. The second kappa shape index (κ2) is 6.66. The van der Waals surface area contributed by atoms with Crippen LogP contribution in [0.3, 0.4) is 0 Å². The fourth-order valence-electron chi connectivity index (χ4n) is 2.55. The predicted molar refractivity (Wildman–Crippen MR) is 83.2 cm³/mol. The molecule has 22 heavy (non-hydrogen) atoms. The Hall–Kier alpha value is -2.27. The highest BCUT2D eigenvalue weighted by Crippen LogP contribution is 2.28. The molecule has 1 atom stereocenters. The van der Waals surface area contributed by atoms with Gasteiger partial charge in [-0.05, 0) is 31.0 Å². The van der Waals surface area contributed by atoms with Gasteiger partial charge in [0.05, 0.1) is 17.8 Å². The molecule has 1 amide bonds. The third kappa shape index (κ3) is 3.14. The number of hydrogen-bond acceptors (Lipinski definition) is 4. The van der Waals surface area contributed by atoms with E-state index in [-0.39, 0.29) is 12.0 Å². The van der Waals surface area contributed by atoms with E-state index >= 15 is 0 Å². The zero-order valence-corrected chi connectivity index (χ0v) is 12.3. The molecule has 1 aromatic heterocycles. The number of carbonyl (C=O) groups is 1. The number of nitrogens with one attached hydrogen (secondary N) is 1. The molecule has 1 unspecified atom stereocenters. The molecule has 1 aliphatic heterocycles. The van der Waals surface area contributed by atoms with Crippen LogP contribution >= 0.6 is 0 Å². The summed E-state index contributed by atoms with van der Waals surface area (Å²) in [5.41, 5.74) is 1.14. The van der Waals surface area contributed by atoms with Crippen molar-refractivity contribution in [2.75, 3.05) is 19.8 Å². The fraction of sp³-hybridized carbons (Fsp3) is 0.353. The van der Waals surface area contributed by atoms with Crippen molar-refractivity contribution in [3.8, 4) is 5.75 Å². The minimum atomic E-state index is -0.155. The molecule has 1 saturated heterocycles. The number of furan rings is 1. The van der Waals surface area contributed by atoms with Gasteiger partial charge in [0.25, 0.3) is 5.91 Å². The van der Waals surface area contributed by atoms with Gasteiger partial charge in [-0.1, -0.05) is 12.7 Å². The summed E-state index contributed by atoms with van der Waals surface area (Å²) in [6.07, 6.45) is 5.41. The van der Waals surface area contributed by atoms with Gasteiger partial charge in [-0.15, -0.1) is 0 Å². The minimum absolute atomic E-state index is 0.118. The Bertz CT molecular complexity index is 670. The highest BCUT2D eigenvalue weighted by atomic mass is 16.5. The monoisotopic (exact) mass is 301 g/mol. The zero-order valence-electron chi connectivity index (χ0n) is 12.3. The van der Waals surface area contributed by atoms with Crippen LogP contribution < -0.4 is 10.1 Å². The summed E-state index contributed by atoms with van der Waals surface area (Å²) in [7, 11) is 0. The summed E-state index contributed by atoms with van der Waals surface area (Å²) in [5.74, 6) is 0.464. The summed E-state index contributed by atoms with van der Waals surface area (Å²) in [6.45, 7) is 5.31. The van der Waals surface area contributed by atoms with Gasteiger partial charge >= 0.3 is 0 Å². The maximum absolute atomic E-state index is 12.3. The van der Waals surface area contributed by atoms with E-state index in [1.807, 2.05) is 6.07 Å². The number of fused-ring (bicyclic) bond motifs is 1. The normalized spacial score (nSPS) is 17.5. The Morgan fingerprint density at radius 3 is 3.18 bits per heavy atom. The van der Waals surface area contributed by atoms with Gasteiger partial charge in [-0.3, -0.25) is 4.79 Å². The first-order valence-corrected chi connectivity index (χ1v) is 7.42. The van der Waals surface area contributed by atoms with Crippen LogP contribution in [0.15, 0.2) is 41.5 Å². The van der Waals surface area contributed by atoms with Crippen LogP contribution in [0.5, 0.6) is 5.75 Å². The lowest BCUT2D eigenvalue weighted by atomic mass is 10.1. The Morgan fingerprint density at radius 1 is 1.50 bits per heavy atom. The van der Waals surface area contributed by atoms with Gasteiger partial charge in [0.2, 0.25) is 0 Å². The quantitative estimate of drug-likeness (QED) is 0.833. The number of hydrogen-bond donors (Lipinski definition) is 1. The lowest BCUT2D eigenvalue weighted by Gasteiger charge is -2.12. The van der Waals surface area contributed by atoms with Gasteiger partial charge in [0.15, 0.2) is 0 Å². The first-order chi connectivity index (χ1) is 10.8. The minimum Gasteiger partial charge on any atom is -0.489 e. The van der Waals surface area contributed by atoms with Crippen LogP contribution in [0.25, 0.3) is 11.0 Å². The largest absolute Gasteiger partial charge is 0.489 e. The molecule has 2 aromatic rings. The molecule has 116 valence electrons. The fourth-order valence-corrected chi connectivity index (χ4v) is 2.55. The van der Waals surface area contributed by atoms with Crippen molar-refractivity contribution < 1.29 is 18.7 Å². The SMILES string of the molecule is C=CCOc1cc(C(=O)NCC2CCCO2)cc2occc12. The average Bonchev–Trinajstić information content (AvgIpc) is 3.20. The van der Waals surface area contributed by atoms with E-state index in [9.17, 15) is 4.79 Å². The van der Waals surface area contributed by atoms with Crippen molar-refractivity contribution in [2.24, 2.45) is 0 Å². The van der Waals surface area contributed by atoms with Crippen molar-refractivity contribution >= 4 is 16.9 Å². The van der Waals surface area contributed by atoms with Crippen molar-refractivity contribution in [2.45, 2.75) is 18.9 Å². The van der Waals surface area contributed by atoms with E-state index in [0.717, 1.165) is 24.8 Å². The molecule has 0 spiro atoms. The third-order valence-electron chi connectivity index (χ3n) is 3.67. The van der Waals surface area contributed by atoms with Gasteiger partial charge in [0.1, 0.15) is 17.9 Å². The average molecular weight is 301 g/mol. The lowest BCUT2D eigenvalue weighted by molar-refractivity contribution is 0.0857. The Balaban J connectivity index is 1.76. The Labute approximate surface area is 128 Å². The first-order valence-electron chi connectivity index (χ1n) is 7.42. The standard InChI is InChI=1S/C17H19NO4/c1-2-6-21-15-9-12(10-16-14(15)5-8-22-16)17(19)18-11-13-4-3-7-20-13/h2,5,8-10,13H,1,3-4,6-7,11H2,(H,18,19). The van der Waals surface area contributed by atoms with Crippen molar-refractivity contribution in [3.05, 3.63) is 42.7 Å². The number of rotatable bonds is 6. The van der Waals surface area contributed by atoms with Crippen LogP contribution in [0.1, 0.15) is 23.2 Å². The molecular weight excluding hydrogens is 282 g/mol. The molecule has 1 fully saturated rings. The van der Waals surface area contributed by atoms with E-state index < -0.39 is 0 Å². The molecule has 0 saturated carbocycles. The molecule has 1 aliphatic rings.